The van der Waals surface area contributed by atoms with Crippen molar-refractivity contribution in [1.29, 1.82) is 0 Å². The van der Waals surface area contributed by atoms with E-state index in [0.29, 0.717) is 0 Å². The SMILES string of the molecule is CC(=O)N[C@H]1[C@H](OC[C@H]2OC(O)[C@H](NC(C)=O)[C@@H](O[C@@H]3O[C@H](CO)[C@H](O)[C@H](O[C@@H]4O[C@H](CO)[C@@H](O)[C@H](O)[C@H]4NC(C)=O)[C@H]3O)[C@H]2O)O[C@H](CO)[C@@H](O[C@@H]2O[C@@H](C)[C@@H](O)[C@@H](O)[C@@H]2O)[C@@H]1O. The molecule has 64 heavy (non-hydrogen) atoms. The number of aliphatic hydroxyl groups excluding tert-OH is 13. The Morgan fingerprint density at radius 2 is 0.906 bits per heavy atom. The summed E-state index contributed by atoms with van der Waals surface area (Å²) >= 11 is 0. The molecular weight excluding hydrogens is 874 g/mol. The summed E-state index contributed by atoms with van der Waals surface area (Å²) in [5.74, 6) is -2.21. The Bertz CT molecular complexity index is 1540. The second-order valence-corrected chi connectivity index (χ2v) is 16.2. The summed E-state index contributed by atoms with van der Waals surface area (Å²) in [5, 5.41) is 146. The Balaban J connectivity index is 1.35. The molecule has 28 nitrogen and oxygen atoms in total. The topological polar surface area (TPSA) is 433 Å². The highest BCUT2D eigenvalue weighted by Gasteiger charge is 2.56. The second kappa shape index (κ2) is 22.6. The first-order valence-electron chi connectivity index (χ1n) is 20.4. The number of ether oxygens (including phenoxy) is 9. The molecule has 16 N–H and O–H groups in total. The van der Waals surface area contributed by atoms with E-state index in [4.69, 9.17) is 42.6 Å². The van der Waals surface area contributed by atoms with Crippen LogP contribution in [0.2, 0.25) is 0 Å². The zero-order chi connectivity index (χ0) is 47.5. The van der Waals surface area contributed by atoms with E-state index in [0.717, 1.165) is 20.8 Å². The van der Waals surface area contributed by atoms with Gasteiger partial charge in [-0.05, 0) is 6.92 Å². The molecule has 28 heteroatoms. The summed E-state index contributed by atoms with van der Waals surface area (Å²) in [7, 11) is 0. The lowest BCUT2D eigenvalue weighted by Crippen LogP contribution is -2.70. The number of aliphatic hydroxyl groups is 13. The Hall–Kier alpha value is -2.47. The van der Waals surface area contributed by atoms with Gasteiger partial charge >= 0.3 is 0 Å². The van der Waals surface area contributed by atoms with E-state index < -0.39 is 197 Å². The molecule has 1 unspecified atom stereocenters. The number of amides is 3. The van der Waals surface area contributed by atoms with E-state index >= 15 is 0 Å². The van der Waals surface area contributed by atoms with E-state index in [-0.39, 0.29) is 0 Å². The number of hydrogen-bond donors (Lipinski definition) is 16. The molecule has 0 aromatic rings. The Labute approximate surface area is 364 Å². The minimum Gasteiger partial charge on any atom is -0.394 e. The molecule has 0 aliphatic carbocycles. The summed E-state index contributed by atoms with van der Waals surface area (Å²) in [6.07, 6.45) is -38.0. The quantitative estimate of drug-likeness (QED) is 0.0725. The monoisotopic (exact) mass is 935 g/mol. The lowest BCUT2D eigenvalue weighted by Gasteiger charge is -2.49. The Kier molecular flexibility index (Phi) is 18.5. The highest BCUT2D eigenvalue weighted by atomic mass is 16.8. The molecule has 3 amide bonds. The standard InChI is InChI=1S/C36H61N3O25/c1-9-20(46)26(52)27(53)35(57-9)62-29-15(7-42)61-33(18(25(29)51)38-11(3)44)56-8-16-23(49)30(19(32(55)58-16)39-12(4)45)63-36-28(54)31(22(48)14(6-41)60-36)64-34-17(37-10(2)43)24(50)21(47)13(5-40)59-34/h9,13-36,40-42,46-55H,5-8H2,1-4H3,(H,37,43)(H,38,44)(H,39,45)/t9-,13+,14+,15+,16+,17+,18+,19+,20+,21+,22-,23-,24+,25+,26+,27-,28+,29+,30+,31-,32?,33+,34-,35-,36-/m0/s1. The van der Waals surface area contributed by atoms with Crippen molar-refractivity contribution < 1.29 is 123 Å². The molecule has 5 fully saturated rings. The average Bonchev–Trinajstić information content (AvgIpc) is 3.24. The molecule has 0 radical (unpaired) electrons. The van der Waals surface area contributed by atoms with Crippen LogP contribution in [0.1, 0.15) is 27.7 Å². The van der Waals surface area contributed by atoms with Crippen LogP contribution in [0.25, 0.3) is 0 Å². The molecule has 0 aromatic heterocycles. The van der Waals surface area contributed by atoms with Crippen molar-refractivity contribution in [2.24, 2.45) is 0 Å². The number of hydrogen-bond acceptors (Lipinski definition) is 25. The molecule has 0 bridgehead atoms. The van der Waals surface area contributed by atoms with Gasteiger partial charge in [0.1, 0.15) is 116 Å². The summed E-state index contributed by atoms with van der Waals surface area (Å²) in [6.45, 7) is 1.17. The third-order valence-corrected chi connectivity index (χ3v) is 11.5. The molecule has 5 heterocycles. The van der Waals surface area contributed by atoms with Crippen molar-refractivity contribution in [3.8, 4) is 0 Å². The van der Waals surface area contributed by atoms with Crippen LogP contribution in [0.5, 0.6) is 0 Å². The number of rotatable bonds is 15. The van der Waals surface area contributed by atoms with Crippen molar-refractivity contribution in [2.45, 2.75) is 181 Å². The van der Waals surface area contributed by atoms with E-state index in [1.165, 1.54) is 6.92 Å². The molecule has 5 aliphatic heterocycles. The molecule has 5 rings (SSSR count). The van der Waals surface area contributed by atoms with Crippen LogP contribution >= 0.6 is 0 Å². The van der Waals surface area contributed by atoms with Crippen LogP contribution in [0.3, 0.4) is 0 Å². The second-order valence-electron chi connectivity index (χ2n) is 16.2. The van der Waals surface area contributed by atoms with Gasteiger partial charge in [-0.1, -0.05) is 0 Å². The summed E-state index contributed by atoms with van der Waals surface area (Å²) in [6, 6.07) is -4.70. The fourth-order valence-corrected chi connectivity index (χ4v) is 8.08. The zero-order valence-electron chi connectivity index (χ0n) is 35.0. The minimum atomic E-state index is -2.10. The van der Waals surface area contributed by atoms with Crippen molar-refractivity contribution >= 4 is 17.7 Å². The maximum atomic E-state index is 12.3. The van der Waals surface area contributed by atoms with Gasteiger partial charge in [0.2, 0.25) is 17.7 Å². The van der Waals surface area contributed by atoms with Gasteiger partial charge in [0, 0.05) is 20.8 Å². The third-order valence-electron chi connectivity index (χ3n) is 11.5. The summed E-state index contributed by atoms with van der Waals surface area (Å²) in [5.41, 5.74) is 0. The highest BCUT2D eigenvalue weighted by molar-refractivity contribution is 5.74. The fourth-order valence-electron chi connectivity index (χ4n) is 8.08. The maximum absolute atomic E-state index is 12.3. The van der Waals surface area contributed by atoms with Crippen LogP contribution in [-0.2, 0) is 57.0 Å². The van der Waals surface area contributed by atoms with Gasteiger partial charge in [-0.15, -0.1) is 0 Å². The van der Waals surface area contributed by atoms with Gasteiger partial charge in [0.25, 0.3) is 0 Å². The van der Waals surface area contributed by atoms with Crippen LogP contribution in [0, 0.1) is 0 Å². The number of nitrogens with one attached hydrogen (secondary N) is 3. The largest absolute Gasteiger partial charge is 0.394 e. The van der Waals surface area contributed by atoms with E-state index in [9.17, 15) is 80.8 Å². The molecule has 0 saturated carbocycles. The molecular formula is C36H61N3O25. The molecule has 5 aliphatic rings. The Morgan fingerprint density at radius 3 is 1.48 bits per heavy atom. The van der Waals surface area contributed by atoms with Gasteiger partial charge in [0.05, 0.1) is 32.5 Å². The first-order chi connectivity index (χ1) is 30.1. The lowest BCUT2D eigenvalue weighted by molar-refractivity contribution is -0.368. The zero-order valence-corrected chi connectivity index (χ0v) is 35.0. The van der Waals surface area contributed by atoms with Crippen LogP contribution < -0.4 is 16.0 Å². The maximum Gasteiger partial charge on any atom is 0.217 e. The molecule has 0 aromatic carbocycles. The third kappa shape index (κ3) is 11.6. The normalized spacial score (nSPS) is 47.7. The fraction of sp³-hybridized carbons (Fsp3) is 0.917. The van der Waals surface area contributed by atoms with E-state index in [1.54, 1.807) is 0 Å². The average molecular weight is 936 g/mol. The smallest absolute Gasteiger partial charge is 0.217 e. The minimum absolute atomic E-state index is 0.721. The first-order valence-corrected chi connectivity index (χ1v) is 20.4. The van der Waals surface area contributed by atoms with Crippen LogP contribution in [0.4, 0.5) is 0 Å². The number of carbonyl (C=O) groups excluding carboxylic acids is 3. The molecule has 0 spiro atoms. The highest BCUT2D eigenvalue weighted by Crippen LogP contribution is 2.34. The first kappa shape index (κ1) is 52.5. The van der Waals surface area contributed by atoms with Crippen molar-refractivity contribution in [2.75, 3.05) is 26.4 Å². The van der Waals surface area contributed by atoms with Crippen molar-refractivity contribution in [3.05, 3.63) is 0 Å². The summed E-state index contributed by atoms with van der Waals surface area (Å²) in [4.78, 5) is 36.6. The van der Waals surface area contributed by atoms with E-state index in [2.05, 4.69) is 16.0 Å². The van der Waals surface area contributed by atoms with Gasteiger partial charge < -0.3 is 125 Å². The predicted octanol–water partition coefficient (Wildman–Crippen LogP) is -10.5. The molecule has 370 valence electrons. The van der Waals surface area contributed by atoms with Gasteiger partial charge in [-0.3, -0.25) is 14.4 Å². The van der Waals surface area contributed by atoms with Crippen LogP contribution in [-0.4, -0.2) is 264 Å². The Morgan fingerprint density at radius 1 is 0.438 bits per heavy atom. The summed E-state index contributed by atoms with van der Waals surface area (Å²) < 4.78 is 51.4. The van der Waals surface area contributed by atoms with Gasteiger partial charge in [0.15, 0.2) is 31.5 Å². The van der Waals surface area contributed by atoms with Crippen molar-refractivity contribution in [1.82, 2.24) is 16.0 Å². The van der Waals surface area contributed by atoms with Gasteiger partial charge in [-0.2, -0.15) is 0 Å². The van der Waals surface area contributed by atoms with Gasteiger partial charge in [-0.25, -0.2) is 0 Å². The lowest BCUT2D eigenvalue weighted by atomic mass is 9.94. The predicted molar refractivity (Wildman–Crippen MR) is 200 cm³/mol. The van der Waals surface area contributed by atoms with Crippen molar-refractivity contribution in [3.63, 3.8) is 0 Å². The molecule has 5 saturated heterocycles. The molecule has 25 atom stereocenters. The van der Waals surface area contributed by atoms with Crippen LogP contribution in [0.15, 0.2) is 0 Å². The van der Waals surface area contributed by atoms with E-state index in [1.807, 2.05) is 0 Å². The number of carbonyl (C=O) groups is 3.